The molecule has 0 heterocycles. The van der Waals surface area contributed by atoms with Crippen LogP contribution in [0.25, 0.3) is 0 Å². The Labute approximate surface area is 159 Å². The molecule has 0 bridgehead atoms. The Hall–Kier alpha value is -0.270. The van der Waals surface area contributed by atoms with Crippen molar-refractivity contribution in [3.05, 3.63) is 23.3 Å². The number of unbranched alkanes of at least 4 members (excludes halogenated alkanes) is 3. The number of hydrogen-bond donors (Lipinski definition) is 1. The molecular weight excluding hydrogens is 314 g/mol. The van der Waals surface area contributed by atoms with Crippen molar-refractivity contribution in [2.75, 3.05) is 6.54 Å². The van der Waals surface area contributed by atoms with Crippen LogP contribution < -0.4 is 5.73 Å². The van der Waals surface area contributed by atoms with E-state index in [4.69, 9.17) is 5.73 Å². The Balaban J connectivity index is 0. The summed E-state index contributed by atoms with van der Waals surface area (Å²) in [5.41, 5.74) is 9.16. The van der Waals surface area contributed by atoms with Crippen LogP contribution in [-0.4, -0.2) is 6.54 Å². The van der Waals surface area contributed by atoms with E-state index in [1.54, 1.807) is 5.57 Å². The van der Waals surface area contributed by atoms with E-state index >= 15 is 0 Å². The fourth-order valence-electron chi connectivity index (χ4n) is 3.55. The molecule has 144 valence electrons. The van der Waals surface area contributed by atoms with Crippen LogP contribution in [0.4, 0.5) is 0 Å². The second-order valence-electron chi connectivity index (χ2n) is 7.30. The molecule has 0 spiro atoms. The van der Waals surface area contributed by atoms with E-state index in [1.807, 2.05) is 0 Å². The summed E-state index contributed by atoms with van der Waals surface area (Å²) in [6.45, 7) is 12.2. The molecule has 0 rings (SSSR count). The van der Waals surface area contributed by atoms with E-state index in [9.17, 15) is 0 Å². The van der Waals surface area contributed by atoms with Crippen molar-refractivity contribution in [1.29, 1.82) is 0 Å². The van der Waals surface area contributed by atoms with Gasteiger partial charge in [0.15, 0.2) is 0 Å². The second-order valence-corrected chi connectivity index (χ2v) is 7.30. The van der Waals surface area contributed by atoms with E-state index in [1.165, 1.54) is 69.8 Å². The van der Waals surface area contributed by atoms with Crippen molar-refractivity contribution in [3.8, 4) is 0 Å². The first-order valence-corrected chi connectivity index (χ1v) is 10.1. The average molecular weight is 358 g/mol. The molecule has 0 aliphatic rings. The van der Waals surface area contributed by atoms with Crippen molar-refractivity contribution in [2.24, 2.45) is 11.1 Å². The number of allylic oxidation sites excluding steroid dienone is 3. The normalized spacial score (nSPS) is 13.1. The Bertz CT molecular complexity index is 322. The van der Waals surface area contributed by atoms with Crippen LogP contribution in [0.15, 0.2) is 23.3 Å². The molecule has 0 amide bonds. The highest BCUT2D eigenvalue weighted by Gasteiger charge is 2.29. The zero-order valence-corrected chi connectivity index (χ0v) is 17.9. The lowest BCUT2D eigenvalue weighted by Crippen LogP contribution is -2.23. The van der Waals surface area contributed by atoms with Crippen LogP contribution in [0.5, 0.6) is 0 Å². The predicted octanol–water partition coefficient (Wildman–Crippen LogP) is 7.60. The monoisotopic (exact) mass is 357 g/mol. The largest absolute Gasteiger partial charge is 0.327 e. The van der Waals surface area contributed by atoms with Crippen molar-refractivity contribution in [3.63, 3.8) is 0 Å². The third-order valence-electron chi connectivity index (χ3n) is 5.32. The Morgan fingerprint density at radius 2 is 1.29 bits per heavy atom. The molecule has 0 saturated heterocycles. The van der Waals surface area contributed by atoms with E-state index < -0.39 is 0 Å². The molecular formula is C22H44ClN. The van der Waals surface area contributed by atoms with E-state index in [0.29, 0.717) is 12.0 Å². The van der Waals surface area contributed by atoms with Gasteiger partial charge in [0.25, 0.3) is 0 Å². The molecule has 0 saturated carbocycles. The second kappa shape index (κ2) is 16.2. The molecule has 2 N–H and O–H groups in total. The summed E-state index contributed by atoms with van der Waals surface area (Å²) >= 11 is 0. The van der Waals surface area contributed by atoms with Crippen LogP contribution in [0.3, 0.4) is 0 Å². The summed E-state index contributed by atoms with van der Waals surface area (Å²) in [5, 5.41) is 0. The summed E-state index contributed by atoms with van der Waals surface area (Å²) in [6, 6.07) is 0. The van der Waals surface area contributed by atoms with Crippen LogP contribution in [0.1, 0.15) is 105 Å². The minimum absolute atomic E-state index is 0. The molecule has 0 aliphatic carbocycles. The Morgan fingerprint density at radius 3 is 1.67 bits per heavy atom. The SMILES string of the molecule is CCCCC(CCCC)(CCCC)C(C)=CCCC(C)=CCN.Cl. The van der Waals surface area contributed by atoms with E-state index in [-0.39, 0.29) is 12.4 Å². The topological polar surface area (TPSA) is 26.0 Å². The van der Waals surface area contributed by atoms with Crippen LogP contribution in [0.2, 0.25) is 0 Å². The molecule has 0 radical (unpaired) electrons. The molecule has 0 aromatic heterocycles. The predicted molar refractivity (Wildman–Crippen MR) is 114 cm³/mol. The summed E-state index contributed by atoms with van der Waals surface area (Å²) in [7, 11) is 0. The summed E-state index contributed by atoms with van der Waals surface area (Å²) in [5.74, 6) is 0. The number of halogens is 1. The average Bonchev–Trinajstić information content (AvgIpc) is 2.54. The van der Waals surface area contributed by atoms with Gasteiger partial charge in [-0.25, -0.2) is 0 Å². The third-order valence-corrected chi connectivity index (χ3v) is 5.32. The molecule has 0 aromatic carbocycles. The lowest BCUT2D eigenvalue weighted by molar-refractivity contribution is 0.252. The third kappa shape index (κ3) is 10.6. The van der Waals surface area contributed by atoms with Gasteiger partial charge in [-0.1, -0.05) is 82.6 Å². The first kappa shape index (κ1) is 26.0. The van der Waals surface area contributed by atoms with Gasteiger partial charge in [-0.15, -0.1) is 12.4 Å². The van der Waals surface area contributed by atoms with Crippen molar-refractivity contribution in [1.82, 2.24) is 0 Å². The zero-order chi connectivity index (χ0) is 17.6. The lowest BCUT2D eigenvalue weighted by atomic mass is 9.69. The van der Waals surface area contributed by atoms with Crippen molar-refractivity contribution in [2.45, 2.75) is 105 Å². The fraction of sp³-hybridized carbons (Fsp3) is 0.818. The van der Waals surface area contributed by atoms with Crippen molar-refractivity contribution >= 4 is 12.4 Å². The zero-order valence-electron chi connectivity index (χ0n) is 17.1. The highest BCUT2D eigenvalue weighted by atomic mass is 35.5. The minimum atomic E-state index is 0. The number of nitrogens with two attached hydrogens (primary N) is 1. The lowest BCUT2D eigenvalue weighted by Gasteiger charge is -2.36. The maximum absolute atomic E-state index is 5.60. The van der Waals surface area contributed by atoms with Gasteiger partial charge in [-0.2, -0.15) is 0 Å². The maximum atomic E-state index is 5.60. The molecule has 0 atom stereocenters. The van der Waals surface area contributed by atoms with Crippen LogP contribution in [-0.2, 0) is 0 Å². The van der Waals surface area contributed by atoms with Gasteiger partial charge in [0.05, 0.1) is 0 Å². The smallest absolute Gasteiger partial charge is 0.0109 e. The van der Waals surface area contributed by atoms with Crippen molar-refractivity contribution < 1.29 is 0 Å². The van der Waals surface area contributed by atoms with Gasteiger partial charge in [-0.05, 0) is 51.4 Å². The molecule has 1 nitrogen and oxygen atoms in total. The molecule has 24 heavy (non-hydrogen) atoms. The molecule has 0 fully saturated rings. The summed E-state index contributed by atoms with van der Waals surface area (Å²) in [6.07, 6.45) is 19.2. The van der Waals surface area contributed by atoms with Gasteiger partial charge in [-0.3, -0.25) is 0 Å². The highest BCUT2D eigenvalue weighted by Crippen LogP contribution is 2.43. The first-order chi connectivity index (χ1) is 11.1. The molecule has 2 heteroatoms. The Morgan fingerprint density at radius 1 is 0.833 bits per heavy atom. The quantitative estimate of drug-likeness (QED) is 0.318. The summed E-state index contributed by atoms with van der Waals surface area (Å²) in [4.78, 5) is 0. The summed E-state index contributed by atoms with van der Waals surface area (Å²) < 4.78 is 0. The van der Waals surface area contributed by atoms with Gasteiger partial charge in [0.2, 0.25) is 0 Å². The van der Waals surface area contributed by atoms with E-state index in [2.05, 4.69) is 46.8 Å². The minimum Gasteiger partial charge on any atom is -0.327 e. The molecule has 0 aliphatic heterocycles. The van der Waals surface area contributed by atoms with Crippen LogP contribution in [0, 0.1) is 5.41 Å². The molecule has 0 aromatic rings. The van der Waals surface area contributed by atoms with Gasteiger partial charge in [0.1, 0.15) is 0 Å². The maximum Gasteiger partial charge on any atom is 0.0109 e. The van der Waals surface area contributed by atoms with Crippen LogP contribution >= 0.6 is 12.4 Å². The fourth-order valence-corrected chi connectivity index (χ4v) is 3.55. The number of rotatable bonds is 14. The Kier molecular flexibility index (Phi) is 17.5. The highest BCUT2D eigenvalue weighted by molar-refractivity contribution is 5.85. The standard InChI is InChI=1S/C22H43N.ClH/c1-6-9-16-22(17-10-7-2,18-11-8-3)21(5)14-12-13-20(4)15-19-23;/h14-15H,6-13,16-19,23H2,1-5H3;1H. The molecule has 0 unspecified atom stereocenters. The number of hydrogen-bond acceptors (Lipinski definition) is 1. The first-order valence-electron chi connectivity index (χ1n) is 10.1. The van der Waals surface area contributed by atoms with Gasteiger partial charge >= 0.3 is 0 Å². The van der Waals surface area contributed by atoms with Gasteiger partial charge in [0, 0.05) is 6.54 Å². The van der Waals surface area contributed by atoms with E-state index in [0.717, 1.165) is 6.42 Å². The van der Waals surface area contributed by atoms with Gasteiger partial charge < -0.3 is 5.73 Å².